The van der Waals surface area contributed by atoms with E-state index in [1.54, 1.807) is 52.3 Å². The molecule has 3 aromatic carbocycles. The molecule has 1 aliphatic heterocycles. The van der Waals surface area contributed by atoms with Crippen LogP contribution in [0.25, 0.3) is 11.2 Å². The minimum absolute atomic E-state index is 0.0181. The molecule has 20 nitrogen and oxygen atoms in total. The van der Waals surface area contributed by atoms with Crippen LogP contribution < -0.4 is 36.5 Å². The van der Waals surface area contributed by atoms with Crippen LogP contribution in [0.4, 0.5) is 5.95 Å². The van der Waals surface area contributed by atoms with Crippen molar-refractivity contribution in [3.05, 3.63) is 145 Å². The molecule has 1 aliphatic rings. The molecule has 4 heterocycles. The summed E-state index contributed by atoms with van der Waals surface area (Å²) >= 11 is 5.53. The Morgan fingerprint density at radius 3 is 2.18 bits per heavy atom. The number of aryl methyl sites for hydroxylation is 1. The lowest BCUT2D eigenvalue weighted by atomic mass is 9.80. The van der Waals surface area contributed by atoms with E-state index in [2.05, 4.69) is 25.3 Å². The second kappa shape index (κ2) is 20.7. The van der Waals surface area contributed by atoms with Crippen LogP contribution in [0.15, 0.2) is 106 Å². The maximum Gasteiger partial charge on any atom is 0.330 e. The fourth-order valence-corrected chi connectivity index (χ4v) is 9.00. The van der Waals surface area contributed by atoms with Gasteiger partial charge in [0, 0.05) is 31.0 Å². The van der Waals surface area contributed by atoms with Crippen molar-refractivity contribution in [3.63, 3.8) is 0 Å². The predicted octanol–water partition coefficient (Wildman–Crippen LogP) is 3.80. The second-order valence-corrected chi connectivity index (χ2v) is 18.6. The summed E-state index contributed by atoms with van der Waals surface area (Å²) < 4.78 is 44.4. The van der Waals surface area contributed by atoms with Gasteiger partial charge in [0.25, 0.3) is 11.1 Å². The van der Waals surface area contributed by atoms with Crippen LogP contribution in [-0.2, 0) is 56.8 Å². The number of nitrogens with one attached hydrogen (secondary N) is 3. The molecule has 1 fully saturated rings. The molecule has 0 spiro atoms. The van der Waals surface area contributed by atoms with Gasteiger partial charge in [0.1, 0.15) is 48.4 Å². The third-order valence-electron chi connectivity index (χ3n) is 10.9. The first kappa shape index (κ1) is 48.6. The fourth-order valence-electron chi connectivity index (χ4n) is 7.57. The molecule has 3 aromatic heterocycles. The fraction of sp³-hybridized carbons (Fsp3) is 0.356. The van der Waals surface area contributed by atoms with Crippen LogP contribution in [0.2, 0.25) is 0 Å². The Kier molecular flexibility index (Phi) is 15.0. The summed E-state index contributed by atoms with van der Waals surface area (Å²) in [6.45, 7) is 0.423. The van der Waals surface area contributed by atoms with Gasteiger partial charge in [0.05, 0.1) is 40.3 Å². The number of ether oxygens (including phenoxy) is 5. The molecule has 6 aromatic rings. The average molecular weight is 959 g/mol. The van der Waals surface area contributed by atoms with Gasteiger partial charge in [-0.25, -0.2) is 9.78 Å². The van der Waals surface area contributed by atoms with Gasteiger partial charge in [-0.05, 0) is 47.9 Å². The zero-order chi connectivity index (χ0) is 48.0. The number of imidazole rings is 1. The van der Waals surface area contributed by atoms with E-state index in [1.807, 2.05) is 54.6 Å². The van der Waals surface area contributed by atoms with E-state index in [4.69, 9.17) is 44.5 Å². The highest BCUT2D eigenvalue weighted by molar-refractivity contribution is 8.06. The number of hydrogen-bond acceptors (Lipinski definition) is 16. The lowest BCUT2D eigenvalue weighted by Gasteiger charge is -2.39. The number of nitrogens with zero attached hydrogens (tertiary/aromatic N) is 4. The minimum atomic E-state index is -4.57. The van der Waals surface area contributed by atoms with Crippen molar-refractivity contribution >= 4 is 47.5 Å². The summed E-state index contributed by atoms with van der Waals surface area (Å²) in [6.07, 6.45) is -1.69. The first-order chi connectivity index (χ1) is 32.0. The van der Waals surface area contributed by atoms with Gasteiger partial charge in [-0.1, -0.05) is 80.3 Å². The SMILES string of the molecule is COc1ccc(C(OCC(Cn2cnc3c(=O)[nH]c(NC(=O)C(C)C)nc32)OP([O-])(=S)OCC2OC(n3cc(C)c(=O)[nH]c3=O)CC2OC(C)=O)(c2ccccc2)c2ccc(OC)cc2)cc1. The molecule has 5 atom stereocenters. The number of hydrogen-bond donors (Lipinski definition) is 3. The van der Waals surface area contributed by atoms with Gasteiger partial charge in [-0.15, -0.1) is 0 Å². The van der Waals surface area contributed by atoms with Crippen LogP contribution in [0.5, 0.6) is 11.5 Å². The van der Waals surface area contributed by atoms with Gasteiger partial charge >= 0.3 is 11.7 Å². The number of methoxy groups -OCH3 is 2. The Balaban J connectivity index is 1.26. The topological polar surface area (TPSA) is 252 Å². The molecule has 0 aliphatic carbocycles. The van der Waals surface area contributed by atoms with E-state index >= 15 is 0 Å². The highest BCUT2D eigenvalue weighted by Crippen LogP contribution is 2.45. The van der Waals surface area contributed by atoms with E-state index in [0.29, 0.717) is 28.2 Å². The second-order valence-electron chi connectivity index (χ2n) is 15.9. The standard InChI is InChI=1S/C45H50N7O13PS/c1-26(2)40(54)48-43-47-39-38(42(56)49-43)46-25-51(39)22-34(65-66(58,67)62-24-36-35(63-28(4)53)20-37(64-36)52-21-27(3)41(55)50-44(52)57)23-61-45(29-10-8-7-9-11-29,30-12-16-32(59-5)17-13-30)31-14-18-33(60-6)19-15-31/h7-19,21,25-26,34-37H,20,22-24H2,1-6H3,(H,58,67)(H,50,55,57)(H2,47,48,49,54,56)/p-1. The summed E-state index contributed by atoms with van der Waals surface area (Å²) in [6, 6.07) is 24.0. The number of rotatable bonds is 19. The summed E-state index contributed by atoms with van der Waals surface area (Å²) in [5.41, 5.74) is -1.05. The van der Waals surface area contributed by atoms with Crippen LogP contribution in [0, 0.1) is 12.8 Å². The number of aromatic amines is 2. The third kappa shape index (κ3) is 11.1. The molecule has 5 unspecified atom stereocenters. The maximum atomic E-state index is 14.4. The van der Waals surface area contributed by atoms with Crippen molar-refractivity contribution < 1.29 is 47.2 Å². The number of H-pyrrole nitrogens is 2. The smallest absolute Gasteiger partial charge is 0.330 e. The monoisotopic (exact) mass is 958 g/mol. The number of benzene rings is 3. The zero-order valence-corrected chi connectivity index (χ0v) is 39.0. The molecule has 67 heavy (non-hydrogen) atoms. The first-order valence-electron chi connectivity index (χ1n) is 21.0. The molecule has 0 saturated carbocycles. The molecule has 7 rings (SSSR count). The van der Waals surface area contributed by atoms with Crippen molar-refractivity contribution in [3.8, 4) is 11.5 Å². The number of aromatic nitrogens is 6. The van der Waals surface area contributed by atoms with Gasteiger partial charge in [-0.2, -0.15) is 4.98 Å². The van der Waals surface area contributed by atoms with Crippen LogP contribution in [0.1, 0.15) is 55.7 Å². The van der Waals surface area contributed by atoms with Crippen molar-refractivity contribution in [1.29, 1.82) is 0 Å². The highest BCUT2D eigenvalue weighted by Gasteiger charge is 2.41. The molecular formula is C45H49N7O13PS-. The summed E-state index contributed by atoms with van der Waals surface area (Å²) in [5.74, 6) is -0.401. The Morgan fingerprint density at radius 2 is 1.58 bits per heavy atom. The molecule has 3 N–H and O–H groups in total. The number of carbonyl (C=O) groups is 2. The normalized spacial score (nSPS) is 17.5. The number of anilines is 1. The Bertz CT molecular complexity index is 2890. The van der Waals surface area contributed by atoms with E-state index in [0.717, 1.165) is 4.57 Å². The minimum Gasteiger partial charge on any atom is -0.780 e. The van der Waals surface area contributed by atoms with Gasteiger partial charge < -0.3 is 42.2 Å². The quantitative estimate of drug-likeness (QED) is 0.0593. The number of fused-ring (bicyclic) bond motifs is 1. The molecule has 354 valence electrons. The van der Waals surface area contributed by atoms with E-state index in [9.17, 15) is 28.9 Å². The third-order valence-corrected chi connectivity index (χ3v) is 12.5. The van der Waals surface area contributed by atoms with Gasteiger partial charge in [-0.3, -0.25) is 39.0 Å². The van der Waals surface area contributed by atoms with Crippen molar-refractivity contribution in [2.45, 2.75) is 70.8 Å². The average Bonchev–Trinajstić information content (AvgIpc) is 3.90. The number of amides is 1. The zero-order valence-electron chi connectivity index (χ0n) is 37.3. The van der Waals surface area contributed by atoms with E-state index in [1.165, 1.54) is 30.9 Å². The van der Waals surface area contributed by atoms with Crippen molar-refractivity contribution in [2.75, 3.05) is 32.8 Å². The van der Waals surface area contributed by atoms with Crippen molar-refractivity contribution in [1.82, 2.24) is 29.1 Å². The lowest BCUT2D eigenvalue weighted by Crippen LogP contribution is -2.38. The van der Waals surface area contributed by atoms with Crippen molar-refractivity contribution in [2.24, 2.45) is 5.92 Å². The largest absolute Gasteiger partial charge is 0.780 e. The number of carbonyl (C=O) groups excluding carboxylic acids is 2. The highest BCUT2D eigenvalue weighted by atomic mass is 32.5. The van der Waals surface area contributed by atoms with E-state index in [-0.39, 0.29) is 42.2 Å². The van der Waals surface area contributed by atoms with Crippen LogP contribution in [-0.4, -0.2) is 86.7 Å². The maximum absolute atomic E-state index is 14.4. The molecule has 0 bridgehead atoms. The number of esters is 1. The van der Waals surface area contributed by atoms with E-state index < -0.39 is 78.1 Å². The first-order valence-corrected chi connectivity index (χ1v) is 23.6. The predicted molar refractivity (Wildman–Crippen MR) is 245 cm³/mol. The van der Waals surface area contributed by atoms with Crippen LogP contribution in [0.3, 0.4) is 0 Å². The Morgan fingerprint density at radius 1 is 0.955 bits per heavy atom. The summed E-state index contributed by atoms with van der Waals surface area (Å²) in [5, 5.41) is 2.60. The summed E-state index contributed by atoms with van der Waals surface area (Å²) in [4.78, 5) is 90.8. The molecule has 0 radical (unpaired) electrons. The van der Waals surface area contributed by atoms with Gasteiger partial charge in [0.15, 0.2) is 11.2 Å². The lowest BCUT2D eigenvalue weighted by molar-refractivity contribution is -0.217. The molecular weight excluding hydrogens is 910 g/mol. The van der Waals surface area contributed by atoms with Gasteiger partial charge in [0.2, 0.25) is 11.9 Å². The summed E-state index contributed by atoms with van der Waals surface area (Å²) in [7, 11) is 3.12. The Hall–Kier alpha value is -6.32. The molecule has 1 saturated heterocycles. The van der Waals surface area contributed by atoms with Crippen LogP contribution >= 0.6 is 6.72 Å². The Labute approximate surface area is 388 Å². The molecule has 1 amide bonds. The molecule has 22 heteroatoms.